The molecule has 4 rings (SSSR count). The fourth-order valence-corrected chi connectivity index (χ4v) is 3.43. The number of hydrogen-bond donors (Lipinski definition) is 1. The Bertz CT molecular complexity index is 1180. The van der Waals surface area contributed by atoms with Crippen LogP contribution in [0.5, 0.6) is 0 Å². The van der Waals surface area contributed by atoms with Crippen molar-refractivity contribution >= 4 is 28.4 Å². The number of rotatable bonds is 7. The lowest BCUT2D eigenvalue weighted by Crippen LogP contribution is -2.34. The number of nitrogens with one attached hydrogen (secondary N) is 1. The van der Waals surface area contributed by atoms with Crippen LogP contribution in [0.4, 0.5) is 5.82 Å². The summed E-state index contributed by atoms with van der Waals surface area (Å²) in [5.41, 5.74) is 1.60. The smallest absolute Gasteiger partial charge is 0.251 e. The number of pyridine rings is 1. The van der Waals surface area contributed by atoms with Crippen molar-refractivity contribution in [3.05, 3.63) is 108 Å². The minimum Gasteiger partial charge on any atom is -0.352 e. The molecule has 0 radical (unpaired) electrons. The van der Waals surface area contributed by atoms with E-state index in [1.807, 2.05) is 84.9 Å². The molecular weight excluding hydrogens is 386 g/mol. The minimum absolute atomic E-state index is 0.0960. The zero-order chi connectivity index (χ0) is 21.5. The molecule has 1 aromatic heterocycles. The van der Waals surface area contributed by atoms with Gasteiger partial charge in [0.2, 0.25) is 5.91 Å². The number of carbonyl (C=O) groups excluding carboxylic acids is 2. The molecule has 31 heavy (non-hydrogen) atoms. The first-order valence-corrected chi connectivity index (χ1v) is 10.2. The summed E-state index contributed by atoms with van der Waals surface area (Å²) in [6.07, 6.45) is 1.85. The maximum Gasteiger partial charge on any atom is 0.251 e. The normalized spacial score (nSPS) is 10.6. The van der Waals surface area contributed by atoms with E-state index in [0.29, 0.717) is 17.9 Å². The second kappa shape index (κ2) is 9.67. The zero-order valence-electron chi connectivity index (χ0n) is 17.1. The highest BCUT2D eigenvalue weighted by Crippen LogP contribution is 2.17. The van der Waals surface area contributed by atoms with Gasteiger partial charge in [-0.3, -0.25) is 14.5 Å². The quantitative estimate of drug-likeness (QED) is 0.486. The standard InChI is InChI=1S/C26H23N3O2/c30-25(29(24-12-6-7-16-27-24)19-20-8-2-1-3-9-20)15-17-28-26(31)23-14-13-21-10-4-5-11-22(21)18-23/h1-14,16,18H,15,17,19H2,(H,28,31). The van der Waals surface area contributed by atoms with Crippen molar-refractivity contribution in [1.82, 2.24) is 10.3 Å². The van der Waals surface area contributed by atoms with Crippen LogP contribution in [0.25, 0.3) is 10.8 Å². The van der Waals surface area contributed by atoms with Crippen LogP contribution in [0.15, 0.2) is 97.2 Å². The van der Waals surface area contributed by atoms with Gasteiger partial charge in [-0.1, -0.05) is 66.7 Å². The van der Waals surface area contributed by atoms with E-state index in [2.05, 4.69) is 10.3 Å². The number of anilines is 1. The molecule has 5 nitrogen and oxygen atoms in total. The van der Waals surface area contributed by atoms with Crippen LogP contribution >= 0.6 is 0 Å². The summed E-state index contributed by atoms with van der Waals surface area (Å²) in [6, 6.07) is 28.8. The Labute approximate surface area is 181 Å². The summed E-state index contributed by atoms with van der Waals surface area (Å²) < 4.78 is 0. The van der Waals surface area contributed by atoms with Gasteiger partial charge in [0.25, 0.3) is 5.91 Å². The van der Waals surface area contributed by atoms with Gasteiger partial charge in [-0.05, 0) is 40.6 Å². The average Bonchev–Trinajstić information content (AvgIpc) is 2.83. The van der Waals surface area contributed by atoms with Crippen LogP contribution in [0.1, 0.15) is 22.3 Å². The first-order valence-electron chi connectivity index (χ1n) is 10.2. The highest BCUT2D eigenvalue weighted by Gasteiger charge is 2.17. The molecule has 1 N–H and O–H groups in total. The average molecular weight is 409 g/mol. The highest BCUT2D eigenvalue weighted by atomic mass is 16.2. The lowest BCUT2D eigenvalue weighted by atomic mass is 10.1. The first-order chi connectivity index (χ1) is 15.2. The molecule has 0 spiro atoms. The molecular formula is C26H23N3O2. The van der Waals surface area contributed by atoms with Gasteiger partial charge in [-0.25, -0.2) is 4.98 Å². The van der Waals surface area contributed by atoms with Gasteiger partial charge in [0.1, 0.15) is 5.82 Å². The van der Waals surface area contributed by atoms with E-state index in [1.54, 1.807) is 17.2 Å². The van der Waals surface area contributed by atoms with Crippen molar-refractivity contribution < 1.29 is 9.59 Å². The van der Waals surface area contributed by atoms with E-state index in [0.717, 1.165) is 16.3 Å². The summed E-state index contributed by atoms with van der Waals surface area (Å²) >= 11 is 0. The number of aromatic nitrogens is 1. The third kappa shape index (κ3) is 5.14. The van der Waals surface area contributed by atoms with Crippen molar-refractivity contribution in [1.29, 1.82) is 0 Å². The lowest BCUT2D eigenvalue weighted by molar-refractivity contribution is -0.118. The lowest BCUT2D eigenvalue weighted by Gasteiger charge is -2.22. The zero-order valence-corrected chi connectivity index (χ0v) is 17.1. The molecule has 0 fully saturated rings. The third-order valence-corrected chi connectivity index (χ3v) is 5.05. The Hall–Kier alpha value is -3.99. The van der Waals surface area contributed by atoms with E-state index in [-0.39, 0.29) is 24.8 Å². The molecule has 0 aliphatic rings. The van der Waals surface area contributed by atoms with Crippen molar-refractivity contribution in [3.8, 4) is 0 Å². The summed E-state index contributed by atoms with van der Waals surface area (Å²) in [4.78, 5) is 31.5. The van der Waals surface area contributed by atoms with Gasteiger partial charge in [0.05, 0.1) is 6.54 Å². The molecule has 0 unspecified atom stereocenters. The topological polar surface area (TPSA) is 62.3 Å². The minimum atomic E-state index is -0.189. The monoisotopic (exact) mass is 409 g/mol. The van der Waals surface area contributed by atoms with E-state index in [1.165, 1.54) is 0 Å². The fraction of sp³-hybridized carbons (Fsp3) is 0.115. The molecule has 154 valence electrons. The highest BCUT2D eigenvalue weighted by molar-refractivity contribution is 5.99. The maximum absolute atomic E-state index is 13.0. The molecule has 5 heteroatoms. The van der Waals surface area contributed by atoms with Crippen LogP contribution in [0, 0.1) is 0 Å². The van der Waals surface area contributed by atoms with Gasteiger partial charge in [-0.15, -0.1) is 0 Å². The predicted octanol–water partition coefficient (Wildman–Crippen LogP) is 4.59. The van der Waals surface area contributed by atoms with Crippen molar-refractivity contribution in [2.45, 2.75) is 13.0 Å². The van der Waals surface area contributed by atoms with Crippen molar-refractivity contribution in [2.75, 3.05) is 11.4 Å². The molecule has 0 saturated heterocycles. The Kier molecular flexibility index (Phi) is 6.33. The molecule has 0 atom stereocenters. The number of nitrogens with zero attached hydrogens (tertiary/aromatic N) is 2. The van der Waals surface area contributed by atoms with Crippen LogP contribution in [0.3, 0.4) is 0 Å². The number of benzene rings is 3. The first kappa shape index (κ1) is 20.3. The van der Waals surface area contributed by atoms with Crippen molar-refractivity contribution in [2.24, 2.45) is 0 Å². The predicted molar refractivity (Wildman–Crippen MR) is 123 cm³/mol. The molecule has 4 aromatic rings. The Balaban J connectivity index is 1.40. The van der Waals surface area contributed by atoms with Crippen LogP contribution in [0.2, 0.25) is 0 Å². The second-order valence-electron chi connectivity index (χ2n) is 7.22. The van der Waals surface area contributed by atoms with Crippen LogP contribution in [-0.4, -0.2) is 23.3 Å². The van der Waals surface area contributed by atoms with Gasteiger partial charge in [-0.2, -0.15) is 0 Å². The molecule has 0 aliphatic heterocycles. The van der Waals surface area contributed by atoms with Crippen LogP contribution in [-0.2, 0) is 11.3 Å². The third-order valence-electron chi connectivity index (χ3n) is 5.05. The van der Waals surface area contributed by atoms with E-state index in [4.69, 9.17) is 0 Å². The number of amides is 2. The van der Waals surface area contributed by atoms with Gasteiger partial charge in [0, 0.05) is 24.7 Å². The maximum atomic E-state index is 13.0. The molecule has 0 bridgehead atoms. The molecule has 0 aliphatic carbocycles. The van der Waals surface area contributed by atoms with E-state index < -0.39 is 0 Å². The number of hydrogen-bond acceptors (Lipinski definition) is 3. The Morgan fingerprint density at radius 3 is 2.32 bits per heavy atom. The summed E-state index contributed by atoms with van der Waals surface area (Å²) in [5, 5.41) is 4.95. The second-order valence-corrected chi connectivity index (χ2v) is 7.22. The Morgan fingerprint density at radius 1 is 0.806 bits per heavy atom. The summed E-state index contributed by atoms with van der Waals surface area (Å²) in [6.45, 7) is 0.678. The largest absolute Gasteiger partial charge is 0.352 e. The SMILES string of the molecule is O=C(NCCC(=O)N(Cc1ccccc1)c1ccccn1)c1ccc2ccccc2c1. The summed E-state index contributed by atoms with van der Waals surface area (Å²) in [5.74, 6) is 0.310. The Morgan fingerprint density at radius 2 is 1.55 bits per heavy atom. The van der Waals surface area contributed by atoms with E-state index in [9.17, 15) is 9.59 Å². The number of carbonyl (C=O) groups is 2. The molecule has 3 aromatic carbocycles. The molecule has 1 heterocycles. The van der Waals surface area contributed by atoms with Gasteiger partial charge >= 0.3 is 0 Å². The summed E-state index contributed by atoms with van der Waals surface area (Å²) in [7, 11) is 0. The van der Waals surface area contributed by atoms with Crippen molar-refractivity contribution in [3.63, 3.8) is 0 Å². The van der Waals surface area contributed by atoms with Gasteiger partial charge in [0.15, 0.2) is 0 Å². The molecule has 0 saturated carbocycles. The van der Waals surface area contributed by atoms with Gasteiger partial charge < -0.3 is 5.32 Å². The molecule has 2 amide bonds. The number of fused-ring (bicyclic) bond motifs is 1. The fourth-order valence-electron chi connectivity index (χ4n) is 3.43. The van der Waals surface area contributed by atoms with Crippen LogP contribution < -0.4 is 10.2 Å². The van der Waals surface area contributed by atoms with E-state index >= 15 is 0 Å².